The van der Waals surface area contributed by atoms with Crippen LogP contribution in [0, 0.1) is 0 Å². The van der Waals surface area contributed by atoms with Crippen molar-refractivity contribution in [2.75, 3.05) is 19.0 Å². The van der Waals surface area contributed by atoms with Crippen molar-refractivity contribution in [2.24, 2.45) is 0 Å². The van der Waals surface area contributed by atoms with Gasteiger partial charge in [0, 0.05) is 23.1 Å². The number of para-hydroxylation sites is 1. The van der Waals surface area contributed by atoms with Gasteiger partial charge >= 0.3 is 0 Å². The van der Waals surface area contributed by atoms with E-state index in [-0.39, 0.29) is 0 Å². The zero-order valence-electron chi connectivity index (χ0n) is 16.3. The third-order valence-corrected chi connectivity index (χ3v) is 5.90. The molecule has 0 saturated carbocycles. The first-order valence-corrected chi connectivity index (χ1v) is 11.0. The van der Waals surface area contributed by atoms with Crippen LogP contribution in [0.5, 0.6) is 11.5 Å². The first-order chi connectivity index (χ1) is 14.3. The summed E-state index contributed by atoms with van der Waals surface area (Å²) in [5.74, 6) is 3.20. The second kappa shape index (κ2) is 7.91. The Morgan fingerprint density at radius 2 is 1.90 bits per heavy atom. The summed E-state index contributed by atoms with van der Waals surface area (Å²) >= 11 is 1.73. The van der Waals surface area contributed by atoms with Gasteiger partial charge in [0.1, 0.15) is 0 Å². The van der Waals surface area contributed by atoms with Crippen LogP contribution in [0.3, 0.4) is 0 Å². The molecular weight excluding hydrogens is 384 g/mol. The van der Waals surface area contributed by atoms with Crippen LogP contribution < -0.4 is 9.47 Å². The molecule has 148 valence electrons. The minimum atomic E-state index is 0.655. The summed E-state index contributed by atoms with van der Waals surface area (Å²) in [5.41, 5.74) is 2.68. The average Bonchev–Trinajstić information content (AvgIpc) is 3.07. The Bertz CT molecular complexity index is 1170. The molecule has 2 aromatic heterocycles. The lowest BCUT2D eigenvalue weighted by atomic mass is 10.2. The molecule has 2 aromatic carbocycles. The third-order valence-electron chi connectivity index (χ3n) is 4.88. The fourth-order valence-corrected chi connectivity index (χ4v) is 4.38. The van der Waals surface area contributed by atoms with Gasteiger partial charge in [-0.25, -0.2) is 9.97 Å². The lowest BCUT2D eigenvalue weighted by Gasteiger charge is -2.07. The second-order valence-electron chi connectivity index (χ2n) is 7.00. The molecule has 0 unspecified atom stereocenters. The van der Waals surface area contributed by atoms with Crippen molar-refractivity contribution < 1.29 is 9.47 Å². The van der Waals surface area contributed by atoms with Crippen LogP contribution in [0.15, 0.2) is 47.6 Å². The normalized spacial score (nSPS) is 13.7. The maximum absolute atomic E-state index is 5.84. The molecule has 4 aromatic rings. The smallest absolute Gasteiger partial charge is 0.191 e. The summed E-state index contributed by atoms with van der Waals surface area (Å²) in [6.07, 6.45) is 3.18. The van der Waals surface area contributed by atoms with Crippen LogP contribution in [0.1, 0.15) is 26.2 Å². The van der Waals surface area contributed by atoms with E-state index >= 15 is 0 Å². The molecule has 0 N–H and O–H groups in total. The number of nitrogens with zero attached hydrogens (tertiary/aromatic N) is 4. The number of thioether (sulfide) groups is 1. The van der Waals surface area contributed by atoms with Gasteiger partial charge in [-0.05, 0) is 36.8 Å². The summed E-state index contributed by atoms with van der Waals surface area (Å²) in [4.78, 5) is 9.72. The summed E-state index contributed by atoms with van der Waals surface area (Å²) < 4.78 is 13.5. The molecule has 0 radical (unpaired) electrons. The number of hydrogen-bond acceptors (Lipinski definition) is 6. The lowest BCUT2D eigenvalue weighted by molar-refractivity contribution is 0.297. The zero-order chi connectivity index (χ0) is 19.6. The second-order valence-corrected chi connectivity index (χ2v) is 8.06. The van der Waals surface area contributed by atoms with Gasteiger partial charge in [-0.1, -0.05) is 37.2 Å². The van der Waals surface area contributed by atoms with E-state index in [0.29, 0.717) is 19.0 Å². The van der Waals surface area contributed by atoms with Crippen molar-refractivity contribution in [3.05, 3.63) is 42.5 Å². The highest BCUT2D eigenvalue weighted by atomic mass is 32.2. The third kappa shape index (κ3) is 3.51. The van der Waals surface area contributed by atoms with E-state index in [4.69, 9.17) is 24.5 Å². The fourth-order valence-electron chi connectivity index (χ4n) is 3.36. The molecule has 1 aliphatic rings. The maximum atomic E-state index is 5.84. The van der Waals surface area contributed by atoms with E-state index in [1.165, 1.54) is 0 Å². The molecule has 0 atom stereocenters. The standard InChI is InChI=1S/C22H22N4O2S/c1-2-3-13-29-22-23-17-8-5-4-7-16(17)21-24-20(25-26(21)22)15-9-10-18-19(14-15)28-12-6-11-27-18/h4-5,7-10,14H,2-3,6,11-13H2,1H3. The average molecular weight is 407 g/mol. The molecule has 0 amide bonds. The quantitative estimate of drug-likeness (QED) is 0.264. The van der Waals surface area contributed by atoms with Crippen molar-refractivity contribution in [1.29, 1.82) is 0 Å². The summed E-state index contributed by atoms with van der Waals surface area (Å²) in [6.45, 7) is 3.53. The molecule has 0 aliphatic carbocycles. The molecular formula is C22H22N4O2S. The Kier molecular flexibility index (Phi) is 4.97. The van der Waals surface area contributed by atoms with Crippen molar-refractivity contribution in [2.45, 2.75) is 31.3 Å². The van der Waals surface area contributed by atoms with Crippen LogP contribution in [-0.2, 0) is 0 Å². The Labute approximate surface area is 173 Å². The van der Waals surface area contributed by atoms with Crippen LogP contribution in [0.2, 0.25) is 0 Å². The van der Waals surface area contributed by atoms with Crippen molar-refractivity contribution in [1.82, 2.24) is 19.6 Å². The minimum Gasteiger partial charge on any atom is -0.490 e. The zero-order valence-corrected chi connectivity index (χ0v) is 17.1. The molecule has 6 nitrogen and oxygen atoms in total. The molecule has 0 fully saturated rings. The number of rotatable bonds is 5. The predicted octanol–water partition coefficient (Wildman–Crippen LogP) is 5.00. The van der Waals surface area contributed by atoms with Crippen LogP contribution in [-0.4, -0.2) is 38.5 Å². The Balaban J connectivity index is 1.63. The molecule has 1 aliphatic heterocycles. The van der Waals surface area contributed by atoms with Gasteiger partial charge in [-0.3, -0.25) is 0 Å². The Morgan fingerprint density at radius 1 is 1.03 bits per heavy atom. The lowest BCUT2D eigenvalue weighted by Crippen LogP contribution is -1.99. The van der Waals surface area contributed by atoms with Crippen molar-refractivity contribution >= 4 is 28.3 Å². The van der Waals surface area contributed by atoms with E-state index < -0.39 is 0 Å². The molecule has 29 heavy (non-hydrogen) atoms. The van der Waals surface area contributed by atoms with Crippen molar-refractivity contribution in [3.8, 4) is 22.9 Å². The number of benzene rings is 2. The fraction of sp³-hybridized carbons (Fsp3) is 0.318. The molecule has 7 heteroatoms. The number of fused-ring (bicyclic) bond motifs is 4. The number of aromatic nitrogens is 4. The van der Waals surface area contributed by atoms with Crippen LogP contribution in [0.25, 0.3) is 27.9 Å². The van der Waals surface area contributed by atoms with Gasteiger partial charge in [0.15, 0.2) is 28.1 Å². The highest BCUT2D eigenvalue weighted by Gasteiger charge is 2.17. The Hall–Kier alpha value is -2.80. The summed E-state index contributed by atoms with van der Waals surface area (Å²) in [6, 6.07) is 14.0. The minimum absolute atomic E-state index is 0.655. The molecule has 0 bridgehead atoms. The van der Waals surface area contributed by atoms with E-state index in [0.717, 1.165) is 63.8 Å². The van der Waals surface area contributed by atoms with Gasteiger partial charge in [0.2, 0.25) is 0 Å². The van der Waals surface area contributed by atoms with Crippen LogP contribution >= 0.6 is 11.8 Å². The highest BCUT2D eigenvalue weighted by molar-refractivity contribution is 7.99. The monoisotopic (exact) mass is 406 g/mol. The molecule has 0 saturated heterocycles. The number of hydrogen-bond donors (Lipinski definition) is 0. The van der Waals surface area contributed by atoms with Gasteiger partial charge in [-0.15, -0.1) is 5.10 Å². The van der Waals surface area contributed by atoms with E-state index in [1.807, 2.05) is 47.0 Å². The number of unbranched alkanes of at least 4 members (excludes halogenated alkanes) is 1. The van der Waals surface area contributed by atoms with E-state index in [1.54, 1.807) is 11.8 Å². The van der Waals surface area contributed by atoms with Gasteiger partial charge in [-0.2, -0.15) is 4.52 Å². The SMILES string of the molecule is CCCCSc1nc2ccccc2c2nc(-c3ccc4c(c3)OCCCO4)nn12. The predicted molar refractivity (Wildman–Crippen MR) is 115 cm³/mol. The van der Waals surface area contributed by atoms with Gasteiger partial charge in [0.25, 0.3) is 0 Å². The maximum Gasteiger partial charge on any atom is 0.191 e. The molecule has 0 spiro atoms. The van der Waals surface area contributed by atoms with Crippen molar-refractivity contribution in [3.63, 3.8) is 0 Å². The van der Waals surface area contributed by atoms with Gasteiger partial charge in [0.05, 0.1) is 18.7 Å². The molecule has 5 rings (SSSR count). The Morgan fingerprint density at radius 3 is 2.79 bits per heavy atom. The first kappa shape index (κ1) is 18.2. The number of ether oxygens (including phenoxy) is 2. The van der Waals surface area contributed by atoms with E-state index in [9.17, 15) is 0 Å². The van der Waals surface area contributed by atoms with Crippen LogP contribution in [0.4, 0.5) is 0 Å². The largest absolute Gasteiger partial charge is 0.490 e. The highest BCUT2D eigenvalue weighted by Crippen LogP contribution is 2.34. The first-order valence-electron chi connectivity index (χ1n) is 10.0. The molecule has 3 heterocycles. The topological polar surface area (TPSA) is 61.5 Å². The summed E-state index contributed by atoms with van der Waals surface area (Å²) in [5, 5.41) is 6.69. The summed E-state index contributed by atoms with van der Waals surface area (Å²) in [7, 11) is 0. The van der Waals surface area contributed by atoms with E-state index in [2.05, 4.69) is 6.92 Å². The van der Waals surface area contributed by atoms with Gasteiger partial charge < -0.3 is 9.47 Å².